The van der Waals surface area contributed by atoms with Crippen molar-refractivity contribution >= 4 is 17.4 Å². The highest BCUT2D eigenvalue weighted by atomic mass is 35.5. The molecular formula is C12H20ClN3O. The van der Waals surface area contributed by atoms with Crippen molar-refractivity contribution in [3.8, 4) is 0 Å². The standard InChI is InChI=1S/C12H20ClN3O/c1-4-6-10-11(13)15-8-16-12(10)14-7-9(3)17-5-2/h8-9H,4-7H2,1-3H3,(H,14,15,16). The van der Waals surface area contributed by atoms with E-state index in [1.54, 1.807) is 0 Å². The first kappa shape index (κ1) is 14.2. The quantitative estimate of drug-likeness (QED) is 0.763. The second-order valence-electron chi connectivity index (χ2n) is 3.89. The van der Waals surface area contributed by atoms with E-state index in [2.05, 4.69) is 22.2 Å². The van der Waals surface area contributed by atoms with Gasteiger partial charge in [-0.05, 0) is 20.3 Å². The molecule has 4 nitrogen and oxygen atoms in total. The topological polar surface area (TPSA) is 47.0 Å². The molecular weight excluding hydrogens is 238 g/mol. The number of hydrogen-bond acceptors (Lipinski definition) is 4. The minimum Gasteiger partial charge on any atom is -0.377 e. The van der Waals surface area contributed by atoms with Crippen LogP contribution < -0.4 is 5.32 Å². The van der Waals surface area contributed by atoms with Gasteiger partial charge in [-0.15, -0.1) is 0 Å². The normalized spacial score (nSPS) is 12.5. The molecule has 96 valence electrons. The molecule has 1 N–H and O–H groups in total. The summed E-state index contributed by atoms with van der Waals surface area (Å²) in [5.41, 5.74) is 0.986. The van der Waals surface area contributed by atoms with E-state index in [0.717, 1.165) is 37.4 Å². The molecule has 1 rings (SSSR count). The number of nitrogens with one attached hydrogen (secondary N) is 1. The van der Waals surface area contributed by atoms with Crippen molar-refractivity contribution in [2.24, 2.45) is 0 Å². The van der Waals surface area contributed by atoms with Crippen LogP contribution in [-0.2, 0) is 11.2 Å². The van der Waals surface area contributed by atoms with Gasteiger partial charge in [0.15, 0.2) is 0 Å². The lowest BCUT2D eigenvalue weighted by atomic mass is 10.2. The molecule has 1 heterocycles. The van der Waals surface area contributed by atoms with Crippen LogP contribution in [0.1, 0.15) is 32.8 Å². The highest BCUT2D eigenvalue weighted by Crippen LogP contribution is 2.21. The third-order valence-electron chi connectivity index (χ3n) is 2.40. The lowest BCUT2D eigenvalue weighted by molar-refractivity contribution is 0.0854. The summed E-state index contributed by atoms with van der Waals surface area (Å²) in [4.78, 5) is 8.23. The molecule has 1 aromatic rings. The van der Waals surface area contributed by atoms with E-state index < -0.39 is 0 Å². The summed E-state index contributed by atoms with van der Waals surface area (Å²) < 4.78 is 5.45. The first-order chi connectivity index (χ1) is 8.19. The van der Waals surface area contributed by atoms with Crippen molar-refractivity contribution in [2.75, 3.05) is 18.5 Å². The molecule has 0 spiro atoms. The van der Waals surface area contributed by atoms with Crippen LogP contribution >= 0.6 is 11.6 Å². The Bertz CT molecular complexity index is 347. The minimum absolute atomic E-state index is 0.156. The number of anilines is 1. The van der Waals surface area contributed by atoms with Gasteiger partial charge < -0.3 is 10.1 Å². The SMILES string of the molecule is CCCc1c(Cl)ncnc1NCC(C)OCC. The van der Waals surface area contributed by atoms with Crippen LogP contribution in [0.5, 0.6) is 0 Å². The Morgan fingerprint density at radius 1 is 1.41 bits per heavy atom. The molecule has 5 heteroatoms. The van der Waals surface area contributed by atoms with E-state index in [0.29, 0.717) is 5.15 Å². The van der Waals surface area contributed by atoms with Crippen molar-refractivity contribution in [1.29, 1.82) is 0 Å². The van der Waals surface area contributed by atoms with Gasteiger partial charge in [0, 0.05) is 18.7 Å². The Balaban J connectivity index is 2.66. The molecule has 0 saturated carbocycles. The Morgan fingerprint density at radius 3 is 2.82 bits per heavy atom. The molecule has 17 heavy (non-hydrogen) atoms. The third kappa shape index (κ3) is 4.48. The second kappa shape index (κ2) is 7.45. The predicted molar refractivity (Wildman–Crippen MR) is 70.6 cm³/mol. The third-order valence-corrected chi connectivity index (χ3v) is 2.73. The van der Waals surface area contributed by atoms with Crippen LogP contribution in [0.25, 0.3) is 0 Å². The van der Waals surface area contributed by atoms with Crippen LogP contribution in [0.4, 0.5) is 5.82 Å². The average molecular weight is 258 g/mol. The minimum atomic E-state index is 0.156. The van der Waals surface area contributed by atoms with Gasteiger partial charge >= 0.3 is 0 Å². The zero-order valence-electron chi connectivity index (χ0n) is 10.7. The van der Waals surface area contributed by atoms with Crippen molar-refractivity contribution in [3.05, 3.63) is 17.0 Å². The Kier molecular flexibility index (Phi) is 6.22. The Labute approximate surface area is 108 Å². The summed E-state index contributed by atoms with van der Waals surface area (Å²) in [7, 11) is 0. The number of halogens is 1. The summed E-state index contributed by atoms with van der Waals surface area (Å²) in [5, 5.41) is 3.80. The summed E-state index contributed by atoms with van der Waals surface area (Å²) in [5.74, 6) is 0.818. The number of nitrogens with zero attached hydrogens (tertiary/aromatic N) is 2. The number of aromatic nitrogens is 2. The van der Waals surface area contributed by atoms with E-state index >= 15 is 0 Å². The summed E-state index contributed by atoms with van der Waals surface area (Å²) in [6.45, 7) is 7.56. The first-order valence-electron chi connectivity index (χ1n) is 6.03. The van der Waals surface area contributed by atoms with E-state index in [-0.39, 0.29) is 6.10 Å². The van der Waals surface area contributed by atoms with Crippen LogP contribution in [0.15, 0.2) is 6.33 Å². The molecule has 0 aliphatic rings. The fourth-order valence-electron chi connectivity index (χ4n) is 1.60. The van der Waals surface area contributed by atoms with Gasteiger partial charge in [0.1, 0.15) is 17.3 Å². The van der Waals surface area contributed by atoms with E-state index in [1.807, 2.05) is 13.8 Å². The maximum atomic E-state index is 6.06. The van der Waals surface area contributed by atoms with E-state index in [9.17, 15) is 0 Å². The van der Waals surface area contributed by atoms with Crippen molar-refractivity contribution < 1.29 is 4.74 Å². The number of hydrogen-bond donors (Lipinski definition) is 1. The van der Waals surface area contributed by atoms with Crippen LogP contribution in [0, 0.1) is 0 Å². The number of ether oxygens (including phenoxy) is 1. The lowest BCUT2D eigenvalue weighted by Gasteiger charge is -2.15. The zero-order chi connectivity index (χ0) is 12.7. The summed E-state index contributed by atoms with van der Waals surface area (Å²) >= 11 is 6.06. The van der Waals surface area contributed by atoms with Gasteiger partial charge in [0.2, 0.25) is 0 Å². The van der Waals surface area contributed by atoms with Crippen molar-refractivity contribution in [1.82, 2.24) is 9.97 Å². The van der Waals surface area contributed by atoms with Crippen LogP contribution in [-0.4, -0.2) is 29.2 Å². The number of rotatable bonds is 7. The first-order valence-corrected chi connectivity index (χ1v) is 6.41. The fourth-order valence-corrected chi connectivity index (χ4v) is 1.83. The average Bonchev–Trinajstić information content (AvgIpc) is 2.30. The van der Waals surface area contributed by atoms with Gasteiger partial charge in [-0.3, -0.25) is 0 Å². The van der Waals surface area contributed by atoms with Gasteiger partial charge in [-0.25, -0.2) is 9.97 Å². The van der Waals surface area contributed by atoms with Gasteiger partial charge in [-0.1, -0.05) is 24.9 Å². The largest absolute Gasteiger partial charge is 0.377 e. The monoisotopic (exact) mass is 257 g/mol. The molecule has 1 atom stereocenters. The molecule has 0 fully saturated rings. The summed E-state index contributed by atoms with van der Waals surface area (Å²) in [6.07, 6.45) is 3.53. The molecule has 1 unspecified atom stereocenters. The zero-order valence-corrected chi connectivity index (χ0v) is 11.4. The second-order valence-corrected chi connectivity index (χ2v) is 4.25. The highest BCUT2D eigenvalue weighted by Gasteiger charge is 2.09. The molecule has 0 amide bonds. The fraction of sp³-hybridized carbons (Fsp3) is 0.667. The van der Waals surface area contributed by atoms with Gasteiger partial charge in [0.25, 0.3) is 0 Å². The van der Waals surface area contributed by atoms with Gasteiger partial charge in [-0.2, -0.15) is 0 Å². The molecule has 0 radical (unpaired) electrons. The molecule has 0 aromatic carbocycles. The Hall–Kier alpha value is -0.870. The molecule has 0 bridgehead atoms. The smallest absolute Gasteiger partial charge is 0.137 e. The summed E-state index contributed by atoms with van der Waals surface area (Å²) in [6, 6.07) is 0. The molecule has 0 saturated heterocycles. The Morgan fingerprint density at radius 2 is 2.18 bits per heavy atom. The van der Waals surface area contributed by atoms with Crippen LogP contribution in [0.3, 0.4) is 0 Å². The van der Waals surface area contributed by atoms with Crippen LogP contribution in [0.2, 0.25) is 5.15 Å². The lowest BCUT2D eigenvalue weighted by Crippen LogP contribution is -2.21. The van der Waals surface area contributed by atoms with Gasteiger partial charge in [0.05, 0.1) is 6.10 Å². The molecule has 0 aliphatic heterocycles. The van der Waals surface area contributed by atoms with Crippen molar-refractivity contribution in [3.63, 3.8) is 0 Å². The molecule has 1 aromatic heterocycles. The van der Waals surface area contributed by atoms with E-state index in [1.165, 1.54) is 6.33 Å². The predicted octanol–water partition coefficient (Wildman–Crippen LogP) is 2.92. The maximum Gasteiger partial charge on any atom is 0.137 e. The maximum absolute atomic E-state index is 6.06. The van der Waals surface area contributed by atoms with Crippen molar-refractivity contribution in [2.45, 2.75) is 39.7 Å². The highest BCUT2D eigenvalue weighted by molar-refractivity contribution is 6.30. The molecule has 0 aliphatic carbocycles. The van der Waals surface area contributed by atoms with E-state index in [4.69, 9.17) is 16.3 Å².